The van der Waals surface area contributed by atoms with Crippen molar-refractivity contribution in [1.29, 1.82) is 0 Å². The van der Waals surface area contributed by atoms with Crippen molar-refractivity contribution in [3.8, 4) is 0 Å². The SMILES string of the molecule is CC(C)N[C@@H]1CN(C)CC1=O. The number of likely N-dealkylation sites (tertiary alicyclic amines) is 1. The predicted octanol–water partition coefficient (Wildman–Crippen LogP) is -0.133. The van der Waals surface area contributed by atoms with E-state index in [-0.39, 0.29) is 6.04 Å². The van der Waals surface area contributed by atoms with Gasteiger partial charge in [-0.15, -0.1) is 0 Å². The molecule has 0 aliphatic carbocycles. The van der Waals surface area contributed by atoms with Crippen LogP contribution >= 0.6 is 0 Å². The fourth-order valence-corrected chi connectivity index (χ4v) is 1.40. The maximum absolute atomic E-state index is 11.2. The minimum Gasteiger partial charge on any atom is -0.304 e. The van der Waals surface area contributed by atoms with Crippen molar-refractivity contribution in [2.24, 2.45) is 0 Å². The van der Waals surface area contributed by atoms with Crippen molar-refractivity contribution >= 4 is 5.78 Å². The molecule has 64 valence electrons. The van der Waals surface area contributed by atoms with Gasteiger partial charge in [-0.05, 0) is 7.05 Å². The Balaban J connectivity index is 2.41. The van der Waals surface area contributed by atoms with Crippen LogP contribution in [0.1, 0.15) is 13.8 Å². The third-order valence-electron chi connectivity index (χ3n) is 1.84. The van der Waals surface area contributed by atoms with Crippen LogP contribution in [-0.2, 0) is 4.79 Å². The van der Waals surface area contributed by atoms with Gasteiger partial charge in [0.25, 0.3) is 0 Å². The molecule has 0 unspecified atom stereocenters. The number of ketones is 1. The molecule has 1 N–H and O–H groups in total. The molecule has 0 saturated carbocycles. The third-order valence-corrected chi connectivity index (χ3v) is 1.84. The highest BCUT2D eigenvalue weighted by Gasteiger charge is 2.28. The molecule has 1 heterocycles. The third kappa shape index (κ3) is 2.27. The van der Waals surface area contributed by atoms with E-state index in [2.05, 4.69) is 19.2 Å². The van der Waals surface area contributed by atoms with Crippen LogP contribution in [0.3, 0.4) is 0 Å². The van der Waals surface area contributed by atoms with E-state index in [0.29, 0.717) is 18.4 Å². The summed E-state index contributed by atoms with van der Waals surface area (Å²) in [7, 11) is 1.97. The molecule has 0 amide bonds. The molecule has 3 heteroatoms. The van der Waals surface area contributed by atoms with Crippen LogP contribution < -0.4 is 5.32 Å². The summed E-state index contributed by atoms with van der Waals surface area (Å²) in [6, 6.07) is 0.468. The first-order valence-corrected chi connectivity index (χ1v) is 4.07. The Labute approximate surface area is 67.8 Å². The molecule has 0 bridgehead atoms. The highest BCUT2D eigenvalue weighted by Crippen LogP contribution is 2.02. The smallest absolute Gasteiger partial charge is 0.164 e. The lowest BCUT2D eigenvalue weighted by Crippen LogP contribution is -2.40. The molecular weight excluding hydrogens is 140 g/mol. The Morgan fingerprint density at radius 1 is 1.64 bits per heavy atom. The second-order valence-corrected chi connectivity index (χ2v) is 3.54. The van der Waals surface area contributed by atoms with Gasteiger partial charge in [0.15, 0.2) is 5.78 Å². The normalized spacial score (nSPS) is 26.9. The summed E-state index contributed by atoms with van der Waals surface area (Å²) in [4.78, 5) is 13.3. The highest BCUT2D eigenvalue weighted by atomic mass is 16.1. The largest absolute Gasteiger partial charge is 0.304 e. The number of Topliss-reactive ketones (excluding diaryl/α,β-unsaturated/α-hetero) is 1. The van der Waals surface area contributed by atoms with Gasteiger partial charge in [-0.25, -0.2) is 0 Å². The molecule has 0 radical (unpaired) electrons. The predicted molar refractivity (Wildman–Crippen MR) is 44.6 cm³/mol. The van der Waals surface area contributed by atoms with E-state index in [1.54, 1.807) is 0 Å². The Morgan fingerprint density at radius 2 is 2.27 bits per heavy atom. The molecular formula is C8H16N2O. The van der Waals surface area contributed by atoms with Gasteiger partial charge < -0.3 is 5.32 Å². The van der Waals surface area contributed by atoms with Crippen molar-refractivity contribution in [1.82, 2.24) is 10.2 Å². The van der Waals surface area contributed by atoms with Crippen molar-refractivity contribution in [2.75, 3.05) is 20.1 Å². The first kappa shape index (κ1) is 8.68. The fourth-order valence-electron chi connectivity index (χ4n) is 1.40. The van der Waals surface area contributed by atoms with Crippen molar-refractivity contribution in [3.05, 3.63) is 0 Å². The zero-order valence-corrected chi connectivity index (χ0v) is 7.42. The summed E-state index contributed by atoms with van der Waals surface area (Å²) in [6.07, 6.45) is 0. The fraction of sp³-hybridized carbons (Fsp3) is 0.875. The number of likely N-dealkylation sites (N-methyl/N-ethyl adjacent to an activating group) is 1. The van der Waals surface area contributed by atoms with Crippen molar-refractivity contribution < 1.29 is 4.79 Å². The van der Waals surface area contributed by atoms with Gasteiger partial charge in [0.2, 0.25) is 0 Å². The van der Waals surface area contributed by atoms with Crippen molar-refractivity contribution in [2.45, 2.75) is 25.9 Å². The summed E-state index contributed by atoms with van der Waals surface area (Å²) in [6.45, 7) is 5.58. The van der Waals surface area contributed by atoms with Gasteiger partial charge in [-0.3, -0.25) is 9.69 Å². The van der Waals surface area contributed by atoms with Crippen LogP contribution in [0.25, 0.3) is 0 Å². The molecule has 1 saturated heterocycles. The van der Waals surface area contributed by atoms with Gasteiger partial charge in [0.1, 0.15) is 0 Å². The summed E-state index contributed by atoms with van der Waals surface area (Å²) < 4.78 is 0. The summed E-state index contributed by atoms with van der Waals surface area (Å²) >= 11 is 0. The zero-order chi connectivity index (χ0) is 8.43. The van der Waals surface area contributed by atoms with E-state index < -0.39 is 0 Å². The van der Waals surface area contributed by atoms with E-state index in [4.69, 9.17) is 0 Å². The lowest BCUT2D eigenvalue weighted by atomic mass is 10.2. The summed E-state index contributed by atoms with van der Waals surface area (Å²) in [5.74, 6) is 0.321. The molecule has 3 nitrogen and oxygen atoms in total. The maximum Gasteiger partial charge on any atom is 0.164 e. The lowest BCUT2D eigenvalue weighted by Gasteiger charge is -2.13. The molecule has 0 aromatic carbocycles. The second kappa shape index (κ2) is 3.32. The first-order valence-electron chi connectivity index (χ1n) is 4.07. The number of hydrogen-bond donors (Lipinski definition) is 1. The molecule has 1 aliphatic rings. The van der Waals surface area contributed by atoms with E-state index >= 15 is 0 Å². The average Bonchev–Trinajstić information content (AvgIpc) is 2.09. The van der Waals surface area contributed by atoms with Crippen LogP contribution in [0.15, 0.2) is 0 Å². The van der Waals surface area contributed by atoms with Gasteiger partial charge in [-0.2, -0.15) is 0 Å². The van der Waals surface area contributed by atoms with E-state index in [9.17, 15) is 4.79 Å². The van der Waals surface area contributed by atoms with Crippen LogP contribution in [0.2, 0.25) is 0 Å². The van der Waals surface area contributed by atoms with Gasteiger partial charge in [0.05, 0.1) is 12.6 Å². The van der Waals surface area contributed by atoms with E-state index in [1.807, 2.05) is 11.9 Å². The Hall–Kier alpha value is -0.410. The number of nitrogens with zero attached hydrogens (tertiary/aromatic N) is 1. The molecule has 0 spiro atoms. The summed E-state index contributed by atoms with van der Waals surface area (Å²) in [5, 5.41) is 3.23. The molecule has 1 aliphatic heterocycles. The van der Waals surface area contributed by atoms with Crippen LogP contribution in [0.5, 0.6) is 0 Å². The molecule has 1 rings (SSSR count). The van der Waals surface area contributed by atoms with Crippen LogP contribution in [-0.4, -0.2) is 42.9 Å². The Morgan fingerprint density at radius 3 is 2.64 bits per heavy atom. The van der Waals surface area contributed by atoms with Gasteiger partial charge >= 0.3 is 0 Å². The summed E-state index contributed by atoms with van der Waals surface area (Å²) in [5.41, 5.74) is 0. The second-order valence-electron chi connectivity index (χ2n) is 3.54. The minimum absolute atomic E-state index is 0.0694. The van der Waals surface area contributed by atoms with Gasteiger partial charge in [0, 0.05) is 12.6 Å². The number of rotatable bonds is 2. The Bertz CT molecular complexity index is 156. The van der Waals surface area contributed by atoms with Gasteiger partial charge in [-0.1, -0.05) is 13.8 Å². The molecule has 1 fully saturated rings. The zero-order valence-electron chi connectivity index (χ0n) is 7.42. The first-order chi connectivity index (χ1) is 5.09. The van der Waals surface area contributed by atoms with Crippen LogP contribution in [0.4, 0.5) is 0 Å². The van der Waals surface area contributed by atoms with Crippen LogP contribution in [0, 0.1) is 0 Å². The quantitative estimate of drug-likeness (QED) is 0.604. The average molecular weight is 156 g/mol. The number of hydrogen-bond acceptors (Lipinski definition) is 3. The van der Waals surface area contributed by atoms with E-state index in [1.165, 1.54) is 0 Å². The topological polar surface area (TPSA) is 32.3 Å². The molecule has 0 aromatic heterocycles. The Kier molecular flexibility index (Phi) is 2.62. The van der Waals surface area contributed by atoms with Crippen molar-refractivity contribution in [3.63, 3.8) is 0 Å². The number of carbonyl (C=O) groups is 1. The lowest BCUT2D eigenvalue weighted by molar-refractivity contribution is -0.118. The number of carbonyl (C=O) groups excluding carboxylic acids is 1. The number of nitrogens with one attached hydrogen (secondary N) is 1. The van der Waals surface area contributed by atoms with E-state index in [0.717, 1.165) is 6.54 Å². The maximum atomic E-state index is 11.2. The standard InChI is InChI=1S/C8H16N2O/c1-6(2)9-7-4-10(3)5-8(7)11/h6-7,9H,4-5H2,1-3H3/t7-/m1/s1. The monoisotopic (exact) mass is 156 g/mol. The molecule has 0 aromatic rings. The minimum atomic E-state index is 0.0694. The molecule has 1 atom stereocenters. The highest BCUT2D eigenvalue weighted by molar-refractivity contribution is 5.88. The molecule has 11 heavy (non-hydrogen) atoms.